The maximum Gasteiger partial charge on any atom is 0.268 e. The first-order valence-corrected chi connectivity index (χ1v) is 10.7. The quantitative estimate of drug-likeness (QED) is 0.631. The maximum atomic E-state index is 13.6. The smallest absolute Gasteiger partial charge is 0.268 e. The number of alkyl halides is 2. The molecule has 2 aromatic heterocycles. The number of aromatic nitrogens is 2. The van der Waals surface area contributed by atoms with Gasteiger partial charge < -0.3 is 19.3 Å². The third kappa shape index (κ3) is 4.73. The second-order valence-corrected chi connectivity index (χ2v) is 8.38. The molecule has 2 bridgehead atoms. The number of pyridine rings is 2. The van der Waals surface area contributed by atoms with Crippen LogP contribution in [0.1, 0.15) is 30.6 Å². The van der Waals surface area contributed by atoms with Gasteiger partial charge in [0, 0.05) is 37.1 Å². The SMILES string of the molecule is COc1cncc(C(OCC(=O)N2CC3C[C@H](C)C(C2)N3c2ccc(C#N)cn2)C(F)F)c1. The predicted molar refractivity (Wildman–Crippen MR) is 115 cm³/mol. The molecule has 0 aromatic carbocycles. The van der Waals surface area contributed by atoms with Crippen LogP contribution in [0, 0.1) is 17.2 Å². The molecule has 8 nitrogen and oxygen atoms in total. The zero-order chi connectivity index (χ0) is 23.5. The second kappa shape index (κ2) is 9.67. The van der Waals surface area contributed by atoms with Crippen LogP contribution in [0.2, 0.25) is 0 Å². The van der Waals surface area contributed by atoms with Gasteiger partial charge in [-0.15, -0.1) is 0 Å². The molecule has 4 atom stereocenters. The number of nitrogens with zero attached hydrogens (tertiary/aromatic N) is 5. The molecule has 0 radical (unpaired) electrons. The third-order valence-corrected chi connectivity index (χ3v) is 6.30. The number of ether oxygens (including phenoxy) is 2. The van der Waals surface area contributed by atoms with E-state index in [1.54, 1.807) is 17.2 Å². The first kappa shape index (κ1) is 22.9. The van der Waals surface area contributed by atoms with Gasteiger partial charge in [-0.05, 0) is 30.5 Å². The number of methoxy groups -OCH3 is 1. The molecule has 10 heteroatoms. The number of carbonyl (C=O) groups excluding carboxylic acids is 1. The number of carbonyl (C=O) groups is 1. The van der Waals surface area contributed by atoms with Crippen molar-refractivity contribution in [3.05, 3.63) is 47.9 Å². The first-order valence-electron chi connectivity index (χ1n) is 10.7. The number of amides is 1. The molecule has 1 amide bonds. The molecule has 0 N–H and O–H groups in total. The molecule has 0 aliphatic carbocycles. The van der Waals surface area contributed by atoms with Crippen molar-refractivity contribution in [2.24, 2.45) is 5.92 Å². The van der Waals surface area contributed by atoms with Gasteiger partial charge in [0.2, 0.25) is 5.91 Å². The highest BCUT2D eigenvalue weighted by Crippen LogP contribution is 2.37. The van der Waals surface area contributed by atoms with Crippen LogP contribution in [0.15, 0.2) is 36.8 Å². The number of hydrogen-bond donors (Lipinski definition) is 0. The van der Waals surface area contributed by atoms with Crippen molar-refractivity contribution in [2.45, 2.75) is 38.0 Å². The van der Waals surface area contributed by atoms with Crippen molar-refractivity contribution in [1.82, 2.24) is 14.9 Å². The van der Waals surface area contributed by atoms with Crippen LogP contribution in [0.3, 0.4) is 0 Å². The topological polar surface area (TPSA) is 91.6 Å². The summed E-state index contributed by atoms with van der Waals surface area (Å²) in [5.41, 5.74) is 0.646. The van der Waals surface area contributed by atoms with E-state index in [0.717, 1.165) is 12.2 Å². The lowest BCUT2D eigenvalue weighted by Crippen LogP contribution is -2.57. The minimum atomic E-state index is -2.82. The third-order valence-electron chi connectivity index (χ3n) is 6.30. The minimum Gasteiger partial charge on any atom is -0.495 e. The van der Waals surface area contributed by atoms with Crippen LogP contribution in [0.5, 0.6) is 5.75 Å². The maximum absolute atomic E-state index is 13.6. The van der Waals surface area contributed by atoms with Crippen molar-refractivity contribution < 1.29 is 23.0 Å². The molecule has 0 saturated carbocycles. The summed E-state index contributed by atoms with van der Waals surface area (Å²) in [7, 11) is 1.42. The molecule has 2 saturated heterocycles. The Morgan fingerprint density at radius 2 is 2.12 bits per heavy atom. The van der Waals surface area contributed by atoms with Crippen LogP contribution < -0.4 is 9.64 Å². The number of nitriles is 1. The Kier molecular flexibility index (Phi) is 6.70. The van der Waals surface area contributed by atoms with Crippen LogP contribution in [-0.4, -0.2) is 66.1 Å². The average Bonchev–Trinajstić information content (AvgIpc) is 3.02. The Hall–Kier alpha value is -3.32. The van der Waals surface area contributed by atoms with Crippen molar-refractivity contribution in [3.63, 3.8) is 0 Å². The van der Waals surface area contributed by atoms with Crippen LogP contribution in [0.4, 0.5) is 14.6 Å². The first-order chi connectivity index (χ1) is 15.9. The molecule has 2 aromatic rings. The Bertz CT molecular complexity index is 1030. The van der Waals surface area contributed by atoms with Gasteiger partial charge in [0.1, 0.15) is 30.3 Å². The van der Waals surface area contributed by atoms with Gasteiger partial charge in [0.05, 0.1) is 24.9 Å². The molecule has 2 aliphatic rings. The lowest BCUT2D eigenvalue weighted by Gasteiger charge is -2.42. The minimum absolute atomic E-state index is 0.0571. The summed E-state index contributed by atoms with van der Waals surface area (Å²) in [6.07, 6.45) is 0.749. The number of hydrogen-bond acceptors (Lipinski definition) is 7. The monoisotopic (exact) mass is 457 g/mol. The Labute approximate surface area is 190 Å². The Morgan fingerprint density at radius 1 is 1.30 bits per heavy atom. The highest BCUT2D eigenvalue weighted by atomic mass is 19.3. The van der Waals surface area contributed by atoms with E-state index in [4.69, 9.17) is 14.7 Å². The van der Waals surface area contributed by atoms with E-state index in [1.165, 1.54) is 25.6 Å². The number of halogens is 2. The number of likely N-dealkylation sites (tertiary alicyclic amines) is 1. The van der Waals surface area contributed by atoms with Crippen molar-refractivity contribution in [2.75, 3.05) is 31.7 Å². The van der Waals surface area contributed by atoms with E-state index in [9.17, 15) is 13.6 Å². The predicted octanol–water partition coefficient (Wildman–Crippen LogP) is 2.81. The number of rotatable bonds is 7. The molecule has 2 aliphatic heterocycles. The molecular formula is C23H25F2N5O3. The summed E-state index contributed by atoms with van der Waals surface area (Å²) in [4.78, 5) is 25.1. The van der Waals surface area contributed by atoms with Gasteiger partial charge in [0.25, 0.3) is 6.43 Å². The van der Waals surface area contributed by atoms with E-state index < -0.39 is 19.1 Å². The summed E-state index contributed by atoms with van der Waals surface area (Å²) in [6, 6.07) is 7.17. The molecule has 174 valence electrons. The van der Waals surface area contributed by atoms with E-state index in [0.29, 0.717) is 30.3 Å². The summed E-state index contributed by atoms with van der Waals surface area (Å²) in [6.45, 7) is 2.61. The van der Waals surface area contributed by atoms with Crippen LogP contribution in [-0.2, 0) is 9.53 Å². The van der Waals surface area contributed by atoms with E-state index in [-0.39, 0.29) is 23.6 Å². The highest BCUT2D eigenvalue weighted by molar-refractivity contribution is 5.78. The van der Waals surface area contributed by atoms with Gasteiger partial charge in [0.15, 0.2) is 0 Å². The molecular weight excluding hydrogens is 432 g/mol. The van der Waals surface area contributed by atoms with Gasteiger partial charge in [-0.1, -0.05) is 6.92 Å². The fourth-order valence-electron chi connectivity index (χ4n) is 4.67. The molecule has 0 spiro atoms. The normalized spacial score (nSPS) is 22.8. The van der Waals surface area contributed by atoms with Crippen molar-refractivity contribution in [3.8, 4) is 11.8 Å². The standard InChI is InChI=1S/C23H25F2N5O3/c1-14-5-17-11-29(12-19(14)30(17)20-4-3-15(7-26)8-28-20)21(31)13-33-22(23(24)25)16-6-18(32-2)10-27-9-16/h3-4,6,8-10,14,17,19,22-23H,5,11-13H2,1-2H3/t14-,17?,19?,22?/m0/s1. The molecule has 33 heavy (non-hydrogen) atoms. The average molecular weight is 457 g/mol. The molecule has 2 fully saturated rings. The van der Waals surface area contributed by atoms with Crippen molar-refractivity contribution >= 4 is 11.7 Å². The number of fused-ring (bicyclic) bond motifs is 2. The molecule has 4 rings (SSSR count). The second-order valence-electron chi connectivity index (χ2n) is 8.38. The van der Waals surface area contributed by atoms with E-state index >= 15 is 0 Å². The highest BCUT2D eigenvalue weighted by Gasteiger charge is 2.46. The number of piperazine rings is 1. The van der Waals surface area contributed by atoms with Crippen LogP contribution in [0.25, 0.3) is 0 Å². The Morgan fingerprint density at radius 3 is 2.76 bits per heavy atom. The fraction of sp³-hybridized carbons (Fsp3) is 0.478. The largest absolute Gasteiger partial charge is 0.495 e. The Balaban J connectivity index is 1.42. The fourth-order valence-corrected chi connectivity index (χ4v) is 4.67. The van der Waals surface area contributed by atoms with Gasteiger partial charge in [-0.2, -0.15) is 5.26 Å². The molecule has 3 unspecified atom stereocenters. The molecule has 4 heterocycles. The van der Waals surface area contributed by atoms with Crippen LogP contribution >= 0.6 is 0 Å². The summed E-state index contributed by atoms with van der Waals surface area (Å²) in [5.74, 6) is 1.13. The zero-order valence-electron chi connectivity index (χ0n) is 18.4. The van der Waals surface area contributed by atoms with E-state index in [2.05, 4.69) is 27.9 Å². The summed E-state index contributed by atoms with van der Waals surface area (Å²) < 4.78 is 37.7. The van der Waals surface area contributed by atoms with Gasteiger partial charge in [-0.25, -0.2) is 13.8 Å². The van der Waals surface area contributed by atoms with Crippen molar-refractivity contribution in [1.29, 1.82) is 5.26 Å². The van der Waals surface area contributed by atoms with E-state index in [1.807, 2.05) is 6.07 Å². The lowest BCUT2D eigenvalue weighted by molar-refractivity contribution is -0.143. The zero-order valence-corrected chi connectivity index (χ0v) is 18.4. The summed E-state index contributed by atoms with van der Waals surface area (Å²) in [5, 5.41) is 9.00. The van der Waals surface area contributed by atoms with Gasteiger partial charge >= 0.3 is 0 Å². The number of anilines is 1. The lowest BCUT2D eigenvalue weighted by atomic mass is 10.0. The van der Waals surface area contributed by atoms with Gasteiger partial charge in [-0.3, -0.25) is 9.78 Å². The summed E-state index contributed by atoms with van der Waals surface area (Å²) >= 11 is 0.